The highest BCUT2D eigenvalue weighted by Gasteiger charge is 2.15. The number of hydrogen-bond donors (Lipinski definition) is 3. The number of amides is 1. The van der Waals surface area contributed by atoms with E-state index in [4.69, 9.17) is 21.6 Å². The molecule has 0 aliphatic carbocycles. The molecule has 0 radical (unpaired) electrons. The van der Waals surface area contributed by atoms with E-state index in [0.717, 1.165) is 0 Å². The summed E-state index contributed by atoms with van der Waals surface area (Å²) in [6.07, 6.45) is 0. The van der Waals surface area contributed by atoms with E-state index in [1.807, 2.05) is 13.8 Å². The SMILES string of the molecule is CC(C)CNC(=O)c1ccc(B(O)O)cc1Cl. The Morgan fingerprint density at radius 1 is 1.47 bits per heavy atom. The second kappa shape index (κ2) is 6.05. The van der Waals surface area contributed by atoms with Crippen molar-refractivity contribution in [2.75, 3.05) is 6.54 Å². The van der Waals surface area contributed by atoms with Crippen molar-refractivity contribution >= 4 is 30.1 Å². The van der Waals surface area contributed by atoms with Crippen LogP contribution in [-0.4, -0.2) is 29.6 Å². The lowest BCUT2D eigenvalue weighted by atomic mass is 9.80. The normalized spacial score (nSPS) is 10.5. The van der Waals surface area contributed by atoms with Crippen LogP contribution in [0, 0.1) is 5.92 Å². The van der Waals surface area contributed by atoms with E-state index >= 15 is 0 Å². The molecule has 0 atom stereocenters. The Bertz CT molecular complexity index is 410. The number of benzene rings is 1. The molecule has 92 valence electrons. The van der Waals surface area contributed by atoms with E-state index in [2.05, 4.69) is 5.32 Å². The molecule has 0 saturated carbocycles. The first-order valence-electron chi connectivity index (χ1n) is 5.35. The first-order valence-corrected chi connectivity index (χ1v) is 5.73. The molecule has 1 aromatic rings. The lowest BCUT2D eigenvalue weighted by molar-refractivity contribution is 0.0949. The summed E-state index contributed by atoms with van der Waals surface area (Å²) in [6.45, 7) is 4.56. The van der Waals surface area contributed by atoms with E-state index in [0.29, 0.717) is 18.0 Å². The summed E-state index contributed by atoms with van der Waals surface area (Å²) >= 11 is 5.90. The molecule has 17 heavy (non-hydrogen) atoms. The Hall–Kier alpha value is -1.04. The van der Waals surface area contributed by atoms with Crippen molar-refractivity contribution in [1.29, 1.82) is 0 Å². The van der Waals surface area contributed by atoms with Gasteiger partial charge >= 0.3 is 7.12 Å². The summed E-state index contributed by atoms with van der Waals surface area (Å²) in [7, 11) is -1.58. The third-order valence-electron chi connectivity index (χ3n) is 2.21. The van der Waals surface area contributed by atoms with Crippen molar-refractivity contribution in [3.8, 4) is 0 Å². The molecule has 0 unspecified atom stereocenters. The minimum Gasteiger partial charge on any atom is -0.423 e. The fourth-order valence-corrected chi connectivity index (χ4v) is 1.54. The van der Waals surface area contributed by atoms with Crippen molar-refractivity contribution in [3.63, 3.8) is 0 Å². The van der Waals surface area contributed by atoms with Crippen LogP contribution in [0.25, 0.3) is 0 Å². The van der Waals surface area contributed by atoms with Gasteiger partial charge in [-0.25, -0.2) is 0 Å². The summed E-state index contributed by atoms with van der Waals surface area (Å²) < 4.78 is 0. The number of halogens is 1. The highest BCUT2D eigenvalue weighted by molar-refractivity contribution is 6.59. The molecule has 0 aliphatic heterocycles. The van der Waals surface area contributed by atoms with Crippen LogP contribution in [0.2, 0.25) is 5.02 Å². The van der Waals surface area contributed by atoms with Gasteiger partial charge in [-0.2, -0.15) is 0 Å². The van der Waals surface area contributed by atoms with Gasteiger partial charge in [0, 0.05) is 6.54 Å². The minimum atomic E-state index is -1.58. The molecule has 0 aliphatic rings. The molecule has 1 amide bonds. The average molecular weight is 256 g/mol. The Morgan fingerprint density at radius 3 is 2.59 bits per heavy atom. The third kappa shape index (κ3) is 4.04. The van der Waals surface area contributed by atoms with E-state index in [9.17, 15) is 4.79 Å². The van der Waals surface area contributed by atoms with E-state index in [1.165, 1.54) is 18.2 Å². The zero-order chi connectivity index (χ0) is 13.0. The second-order valence-corrected chi connectivity index (χ2v) is 4.62. The fourth-order valence-electron chi connectivity index (χ4n) is 1.27. The zero-order valence-corrected chi connectivity index (χ0v) is 10.5. The predicted molar refractivity (Wildman–Crippen MR) is 68.4 cm³/mol. The lowest BCUT2D eigenvalue weighted by Crippen LogP contribution is -2.31. The number of hydrogen-bond acceptors (Lipinski definition) is 3. The maximum absolute atomic E-state index is 11.7. The summed E-state index contributed by atoms with van der Waals surface area (Å²) in [4.78, 5) is 11.7. The molecule has 6 heteroatoms. The van der Waals surface area contributed by atoms with Crippen molar-refractivity contribution in [2.45, 2.75) is 13.8 Å². The highest BCUT2D eigenvalue weighted by atomic mass is 35.5. The van der Waals surface area contributed by atoms with Gasteiger partial charge in [0.15, 0.2) is 0 Å². The van der Waals surface area contributed by atoms with E-state index in [1.54, 1.807) is 0 Å². The molecule has 0 fully saturated rings. The topological polar surface area (TPSA) is 69.6 Å². The average Bonchev–Trinajstić information content (AvgIpc) is 2.25. The highest BCUT2D eigenvalue weighted by Crippen LogP contribution is 2.14. The monoisotopic (exact) mass is 255 g/mol. The van der Waals surface area contributed by atoms with Gasteiger partial charge < -0.3 is 15.4 Å². The van der Waals surface area contributed by atoms with Crippen LogP contribution < -0.4 is 10.8 Å². The summed E-state index contributed by atoms with van der Waals surface area (Å²) in [5, 5.41) is 20.8. The van der Waals surface area contributed by atoms with Gasteiger partial charge in [0.2, 0.25) is 0 Å². The number of carbonyl (C=O) groups is 1. The molecule has 0 aromatic heterocycles. The Balaban J connectivity index is 2.81. The van der Waals surface area contributed by atoms with Gasteiger partial charge in [-0.1, -0.05) is 31.5 Å². The van der Waals surface area contributed by atoms with E-state index < -0.39 is 7.12 Å². The lowest BCUT2D eigenvalue weighted by Gasteiger charge is -2.09. The first-order chi connectivity index (χ1) is 7.91. The van der Waals surface area contributed by atoms with Gasteiger partial charge in [-0.15, -0.1) is 0 Å². The minimum absolute atomic E-state index is 0.205. The summed E-state index contributed by atoms with van der Waals surface area (Å²) in [5.41, 5.74) is 0.590. The van der Waals surface area contributed by atoms with Gasteiger partial charge in [0.1, 0.15) is 0 Å². The Labute approximate surface area is 106 Å². The molecule has 0 bridgehead atoms. The third-order valence-corrected chi connectivity index (χ3v) is 2.52. The van der Waals surface area contributed by atoms with Gasteiger partial charge in [-0.05, 0) is 23.5 Å². The van der Waals surface area contributed by atoms with Crippen LogP contribution in [0.3, 0.4) is 0 Å². The Kier molecular flexibility index (Phi) is 4.99. The van der Waals surface area contributed by atoms with Crippen molar-refractivity contribution in [1.82, 2.24) is 5.32 Å². The molecule has 1 aromatic carbocycles. The molecule has 4 nitrogen and oxygen atoms in total. The van der Waals surface area contributed by atoms with Crippen molar-refractivity contribution < 1.29 is 14.8 Å². The smallest absolute Gasteiger partial charge is 0.423 e. The van der Waals surface area contributed by atoms with E-state index in [-0.39, 0.29) is 16.4 Å². The molecule has 3 N–H and O–H groups in total. The fraction of sp³-hybridized carbons (Fsp3) is 0.364. The number of rotatable bonds is 4. The maximum Gasteiger partial charge on any atom is 0.488 e. The second-order valence-electron chi connectivity index (χ2n) is 4.22. The van der Waals surface area contributed by atoms with Gasteiger partial charge in [-0.3, -0.25) is 4.79 Å². The number of carbonyl (C=O) groups excluding carboxylic acids is 1. The van der Waals surface area contributed by atoms with Crippen LogP contribution in [-0.2, 0) is 0 Å². The quantitative estimate of drug-likeness (QED) is 0.683. The Morgan fingerprint density at radius 2 is 2.12 bits per heavy atom. The standard InChI is InChI=1S/C11H15BClNO3/c1-7(2)6-14-11(15)9-4-3-8(12(16)17)5-10(9)13/h3-5,7,16-17H,6H2,1-2H3,(H,14,15). The van der Waals surface area contributed by atoms with Gasteiger partial charge in [0.25, 0.3) is 5.91 Å². The summed E-state index contributed by atoms with van der Waals surface area (Å²) in [5.74, 6) is 0.0962. The molecule has 1 rings (SSSR count). The predicted octanol–water partition coefficient (Wildman–Crippen LogP) is 0.406. The molecular weight excluding hydrogens is 240 g/mol. The van der Waals surface area contributed by atoms with Crippen LogP contribution in [0.1, 0.15) is 24.2 Å². The molecule has 0 saturated heterocycles. The van der Waals surface area contributed by atoms with Crippen LogP contribution >= 0.6 is 11.6 Å². The summed E-state index contributed by atoms with van der Waals surface area (Å²) in [6, 6.07) is 4.31. The van der Waals surface area contributed by atoms with Crippen LogP contribution in [0.4, 0.5) is 0 Å². The van der Waals surface area contributed by atoms with Crippen molar-refractivity contribution in [2.24, 2.45) is 5.92 Å². The number of nitrogens with one attached hydrogen (secondary N) is 1. The molecule has 0 spiro atoms. The first kappa shape index (κ1) is 14.0. The van der Waals surface area contributed by atoms with Crippen molar-refractivity contribution in [3.05, 3.63) is 28.8 Å². The van der Waals surface area contributed by atoms with Crippen LogP contribution in [0.15, 0.2) is 18.2 Å². The molecular formula is C11H15BClNO3. The van der Waals surface area contributed by atoms with Gasteiger partial charge in [0.05, 0.1) is 10.6 Å². The largest absolute Gasteiger partial charge is 0.488 e. The maximum atomic E-state index is 11.7. The molecule has 0 heterocycles. The zero-order valence-electron chi connectivity index (χ0n) is 9.77. The van der Waals surface area contributed by atoms with Crippen LogP contribution in [0.5, 0.6) is 0 Å².